The lowest BCUT2D eigenvalue weighted by Gasteiger charge is -2.08. The second-order valence-electron chi connectivity index (χ2n) is 5.35. The molecule has 0 spiro atoms. The first-order valence-corrected chi connectivity index (χ1v) is 7.99. The van der Waals surface area contributed by atoms with Crippen molar-refractivity contribution < 1.29 is 4.79 Å². The third-order valence-electron chi connectivity index (χ3n) is 3.05. The normalized spacial score (nSPS) is 10.5. The number of halogens is 1. The van der Waals surface area contributed by atoms with Gasteiger partial charge in [0.25, 0.3) is 5.91 Å². The van der Waals surface area contributed by atoms with Crippen molar-refractivity contribution in [2.45, 2.75) is 20.3 Å². The van der Waals surface area contributed by atoms with Crippen molar-refractivity contribution in [3.05, 3.63) is 46.4 Å². The Bertz CT molecular complexity index is 628. The molecule has 0 aliphatic rings. The van der Waals surface area contributed by atoms with Crippen LogP contribution in [-0.4, -0.2) is 22.6 Å². The fourth-order valence-corrected chi connectivity index (χ4v) is 2.28. The van der Waals surface area contributed by atoms with Gasteiger partial charge in [0.15, 0.2) is 5.82 Å². The first-order chi connectivity index (χ1) is 10.6. The molecular weight excluding hydrogens is 344 g/mol. The van der Waals surface area contributed by atoms with Crippen LogP contribution in [0, 0.1) is 5.92 Å². The lowest BCUT2D eigenvalue weighted by atomic mass is 10.1. The highest BCUT2D eigenvalue weighted by molar-refractivity contribution is 9.10. The fourth-order valence-electron chi connectivity index (χ4n) is 1.81. The van der Waals surface area contributed by atoms with E-state index in [4.69, 9.17) is 0 Å². The summed E-state index contributed by atoms with van der Waals surface area (Å²) >= 11 is 3.36. The van der Waals surface area contributed by atoms with Crippen molar-refractivity contribution in [2.75, 3.05) is 17.2 Å². The quantitative estimate of drug-likeness (QED) is 0.816. The second-order valence-corrected chi connectivity index (χ2v) is 6.20. The van der Waals surface area contributed by atoms with Crippen molar-refractivity contribution in [2.24, 2.45) is 5.92 Å². The predicted molar refractivity (Wildman–Crippen MR) is 92.1 cm³/mol. The largest absolute Gasteiger partial charge is 0.369 e. The Labute approximate surface area is 138 Å². The molecule has 0 fully saturated rings. The number of nitrogens with zero attached hydrogens (tertiary/aromatic N) is 2. The van der Waals surface area contributed by atoms with Crippen molar-refractivity contribution >= 4 is 33.5 Å². The van der Waals surface area contributed by atoms with Crippen molar-refractivity contribution in [1.82, 2.24) is 10.2 Å². The van der Waals surface area contributed by atoms with E-state index in [1.165, 1.54) is 0 Å². The van der Waals surface area contributed by atoms with E-state index in [1.54, 1.807) is 12.1 Å². The standard InChI is InChI=1S/C16H19BrN4O/c1-11(2)9-10-18-14-7-8-15(21-20-14)19-16(22)12-5-3-4-6-13(12)17/h3-8,11H,9-10H2,1-2H3,(H,18,20)(H,19,21,22). The average molecular weight is 363 g/mol. The van der Waals surface area contributed by atoms with Gasteiger partial charge < -0.3 is 10.6 Å². The van der Waals surface area contributed by atoms with Gasteiger partial charge in [0.2, 0.25) is 0 Å². The smallest absolute Gasteiger partial charge is 0.258 e. The first kappa shape index (κ1) is 16.4. The molecular formula is C16H19BrN4O. The molecule has 0 radical (unpaired) electrons. The van der Waals surface area contributed by atoms with E-state index in [0.717, 1.165) is 17.4 Å². The van der Waals surface area contributed by atoms with Gasteiger partial charge in [0.1, 0.15) is 5.82 Å². The summed E-state index contributed by atoms with van der Waals surface area (Å²) in [5, 5.41) is 14.0. The highest BCUT2D eigenvalue weighted by atomic mass is 79.9. The zero-order valence-corrected chi connectivity index (χ0v) is 14.2. The molecule has 5 nitrogen and oxygen atoms in total. The van der Waals surface area contributed by atoms with Crippen LogP contribution < -0.4 is 10.6 Å². The predicted octanol–water partition coefficient (Wildman–Crippen LogP) is 3.95. The molecule has 0 bridgehead atoms. The van der Waals surface area contributed by atoms with Crippen molar-refractivity contribution in [3.8, 4) is 0 Å². The number of hydrogen-bond donors (Lipinski definition) is 2. The minimum atomic E-state index is -0.220. The Hall–Kier alpha value is -1.95. The van der Waals surface area contributed by atoms with Gasteiger partial charge in [-0.1, -0.05) is 26.0 Å². The summed E-state index contributed by atoms with van der Waals surface area (Å²) in [6.45, 7) is 5.20. The minimum Gasteiger partial charge on any atom is -0.369 e. The number of rotatable bonds is 6. The maximum Gasteiger partial charge on any atom is 0.258 e. The van der Waals surface area contributed by atoms with E-state index in [-0.39, 0.29) is 5.91 Å². The Morgan fingerprint density at radius 3 is 2.45 bits per heavy atom. The van der Waals surface area contributed by atoms with Crippen LogP contribution in [0.25, 0.3) is 0 Å². The first-order valence-electron chi connectivity index (χ1n) is 7.19. The molecule has 1 heterocycles. The number of benzene rings is 1. The molecule has 2 aromatic rings. The molecule has 0 saturated heterocycles. The van der Waals surface area contributed by atoms with E-state index in [9.17, 15) is 4.79 Å². The third-order valence-corrected chi connectivity index (χ3v) is 3.74. The topological polar surface area (TPSA) is 66.9 Å². The summed E-state index contributed by atoms with van der Waals surface area (Å²) in [4.78, 5) is 12.1. The lowest BCUT2D eigenvalue weighted by molar-refractivity contribution is 0.102. The molecule has 0 aliphatic carbocycles. The summed E-state index contributed by atoms with van der Waals surface area (Å²) in [6, 6.07) is 10.8. The van der Waals surface area contributed by atoms with E-state index in [2.05, 4.69) is 50.6 Å². The molecule has 2 rings (SSSR count). The SMILES string of the molecule is CC(C)CCNc1ccc(NC(=O)c2ccccc2Br)nn1. The fraction of sp³-hybridized carbons (Fsp3) is 0.312. The number of nitrogens with one attached hydrogen (secondary N) is 2. The summed E-state index contributed by atoms with van der Waals surface area (Å²) in [5.74, 6) is 1.56. The number of carbonyl (C=O) groups excluding carboxylic acids is 1. The van der Waals surface area contributed by atoms with Crippen molar-refractivity contribution in [1.29, 1.82) is 0 Å². The maximum atomic E-state index is 12.1. The monoisotopic (exact) mass is 362 g/mol. The van der Waals surface area contributed by atoms with Gasteiger partial charge in [-0.15, -0.1) is 10.2 Å². The van der Waals surface area contributed by atoms with Crippen LogP contribution in [0.5, 0.6) is 0 Å². The van der Waals surface area contributed by atoms with E-state index in [0.29, 0.717) is 23.1 Å². The van der Waals surface area contributed by atoms with Crippen LogP contribution >= 0.6 is 15.9 Å². The summed E-state index contributed by atoms with van der Waals surface area (Å²) in [6.07, 6.45) is 1.07. The van der Waals surface area contributed by atoms with E-state index < -0.39 is 0 Å². The zero-order chi connectivity index (χ0) is 15.9. The molecule has 0 saturated carbocycles. The van der Waals surface area contributed by atoms with E-state index >= 15 is 0 Å². The number of carbonyl (C=O) groups is 1. The molecule has 0 unspecified atom stereocenters. The number of anilines is 2. The van der Waals surface area contributed by atoms with Crippen LogP contribution in [0.1, 0.15) is 30.6 Å². The molecule has 2 N–H and O–H groups in total. The molecule has 6 heteroatoms. The summed E-state index contributed by atoms with van der Waals surface area (Å²) < 4.78 is 0.743. The zero-order valence-electron chi connectivity index (χ0n) is 12.6. The molecule has 1 amide bonds. The van der Waals surface area contributed by atoms with Gasteiger partial charge in [0, 0.05) is 11.0 Å². The average Bonchev–Trinajstić information content (AvgIpc) is 2.49. The highest BCUT2D eigenvalue weighted by Crippen LogP contribution is 2.17. The molecule has 1 aromatic carbocycles. The summed E-state index contributed by atoms with van der Waals surface area (Å²) in [7, 11) is 0. The second kappa shape index (κ2) is 7.89. The van der Waals surface area contributed by atoms with Gasteiger partial charge in [-0.3, -0.25) is 4.79 Å². The Kier molecular flexibility index (Phi) is 5.89. The van der Waals surface area contributed by atoms with Gasteiger partial charge in [-0.25, -0.2) is 0 Å². The Balaban J connectivity index is 1.94. The highest BCUT2D eigenvalue weighted by Gasteiger charge is 2.10. The maximum absolute atomic E-state index is 12.1. The van der Waals surface area contributed by atoms with E-state index in [1.807, 2.05) is 24.3 Å². The summed E-state index contributed by atoms with van der Waals surface area (Å²) in [5.41, 5.74) is 0.559. The minimum absolute atomic E-state index is 0.220. The van der Waals surface area contributed by atoms with Crippen LogP contribution in [-0.2, 0) is 0 Å². The van der Waals surface area contributed by atoms with Gasteiger partial charge in [-0.05, 0) is 52.5 Å². The van der Waals surface area contributed by atoms with Crippen LogP contribution in [0.4, 0.5) is 11.6 Å². The molecule has 0 atom stereocenters. The third kappa shape index (κ3) is 4.80. The Morgan fingerprint density at radius 1 is 1.14 bits per heavy atom. The Morgan fingerprint density at radius 2 is 1.82 bits per heavy atom. The molecule has 116 valence electrons. The van der Waals surface area contributed by atoms with Crippen LogP contribution in [0.2, 0.25) is 0 Å². The van der Waals surface area contributed by atoms with Gasteiger partial charge in [0.05, 0.1) is 5.56 Å². The van der Waals surface area contributed by atoms with Crippen LogP contribution in [0.3, 0.4) is 0 Å². The number of aromatic nitrogens is 2. The molecule has 1 aromatic heterocycles. The molecule has 0 aliphatic heterocycles. The van der Waals surface area contributed by atoms with Gasteiger partial charge >= 0.3 is 0 Å². The number of hydrogen-bond acceptors (Lipinski definition) is 4. The molecule has 22 heavy (non-hydrogen) atoms. The lowest BCUT2D eigenvalue weighted by Crippen LogP contribution is -2.14. The van der Waals surface area contributed by atoms with Crippen molar-refractivity contribution in [3.63, 3.8) is 0 Å². The van der Waals surface area contributed by atoms with Gasteiger partial charge in [-0.2, -0.15) is 0 Å². The van der Waals surface area contributed by atoms with Crippen LogP contribution in [0.15, 0.2) is 40.9 Å². The number of amides is 1.